The van der Waals surface area contributed by atoms with Crippen molar-refractivity contribution in [2.75, 3.05) is 38.1 Å². The normalized spacial score (nSPS) is 16.8. The highest BCUT2D eigenvalue weighted by atomic mass is 35.5. The average molecular weight is 278 g/mol. The van der Waals surface area contributed by atoms with E-state index >= 15 is 0 Å². The van der Waals surface area contributed by atoms with Gasteiger partial charge in [0.15, 0.2) is 0 Å². The summed E-state index contributed by atoms with van der Waals surface area (Å²) in [6.07, 6.45) is 0. The molecule has 1 aliphatic rings. The molecule has 0 N–H and O–H groups in total. The van der Waals surface area contributed by atoms with Gasteiger partial charge in [0.05, 0.1) is 0 Å². The first-order valence-electron chi connectivity index (χ1n) is 6.38. The Kier molecular flexibility index (Phi) is 3.44. The predicted molar refractivity (Wildman–Crippen MR) is 76.7 cm³/mol. The molecule has 1 fully saturated rings. The zero-order valence-corrected chi connectivity index (χ0v) is 11.6. The van der Waals surface area contributed by atoms with Crippen molar-refractivity contribution in [1.82, 2.24) is 10.1 Å². The molecule has 1 aromatic carbocycles. The van der Waals surface area contributed by atoms with Crippen molar-refractivity contribution in [3.63, 3.8) is 0 Å². The molecule has 0 bridgehead atoms. The van der Waals surface area contributed by atoms with Gasteiger partial charge in [0.1, 0.15) is 5.69 Å². The van der Waals surface area contributed by atoms with Crippen LogP contribution in [0.4, 0.5) is 5.88 Å². The van der Waals surface area contributed by atoms with Gasteiger partial charge in [-0.3, -0.25) is 0 Å². The molecule has 0 amide bonds. The van der Waals surface area contributed by atoms with Gasteiger partial charge in [-0.2, -0.15) is 0 Å². The lowest BCUT2D eigenvalue weighted by atomic mass is 10.1. The number of nitrogens with zero attached hydrogens (tertiary/aromatic N) is 3. The van der Waals surface area contributed by atoms with Crippen molar-refractivity contribution >= 4 is 17.5 Å². The van der Waals surface area contributed by atoms with Gasteiger partial charge in [-0.25, -0.2) is 0 Å². The van der Waals surface area contributed by atoms with E-state index in [1.165, 1.54) is 0 Å². The maximum absolute atomic E-state index is 5.88. The zero-order valence-electron chi connectivity index (χ0n) is 10.8. The summed E-state index contributed by atoms with van der Waals surface area (Å²) in [5, 5.41) is 4.87. The molecule has 5 heteroatoms. The standard InChI is InChI=1S/C14H16ClN3O/c1-17-6-8-18(9-7-17)14-10-13(16-19-14)11-2-4-12(15)5-3-11/h2-5,10H,6-9H2,1H3. The van der Waals surface area contributed by atoms with Gasteiger partial charge in [-0.1, -0.05) is 28.9 Å². The molecule has 0 saturated carbocycles. The molecule has 19 heavy (non-hydrogen) atoms. The Balaban J connectivity index is 1.77. The highest BCUT2D eigenvalue weighted by Gasteiger charge is 2.18. The molecule has 2 aromatic rings. The zero-order chi connectivity index (χ0) is 13.2. The second-order valence-electron chi connectivity index (χ2n) is 4.85. The van der Waals surface area contributed by atoms with Gasteiger partial charge in [0.25, 0.3) is 0 Å². The number of piperazine rings is 1. The van der Waals surface area contributed by atoms with Crippen LogP contribution >= 0.6 is 11.6 Å². The lowest BCUT2D eigenvalue weighted by Gasteiger charge is -2.31. The summed E-state index contributed by atoms with van der Waals surface area (Å²) in [4.78, 5) is 4.54. The number of rotatable bonds is 2. The molecule has 0 atom stereocenters. The Labute approximate surface area is 117 Å². The fourth-order valence-electron chi connectivity index (χ4n) is 2.20. The van der Waals surface area contributed by atoms with Crippen LogP contribution < -0.4 is 4.90 Å². The fourth-order valence-corrected chi connectivity index (χ4v) is 2.32. The third kappa shape index (κ3) is 2.74. The van der Waals surface area contributed by atoms with E-state index in [0.29, 0.717) is 0 Å². The van der Waals surface area contributed by atoms with Crippen molar-refractivity contribution in [3.8, 4) is 11.3 Å². The monoisotopic (exact) mass is 277 g/mol. The molecule has 4 nitrogen and oxygen atoms in total. The van der Waals surface area contributed by atoms with E-state index < -0.39 is 0 Å². The van der Waals surface area contributed by atoms with Gasteiger partial charge in [0, 0.05) is 42.8 Å². The van der Waals surface area contributed by atoms with Crippen LogP contribution in [0.1, 0.15) is 0 Å². The van der Waals surface area contributed by atoms with Gasteiger partial charge in [0.2, 0.25) is 5.88 Å². The smallest absolute Gasteiger partial charge is 0.227 e. The summed E-state index contributed by atoms with van der Waals surface area (Å²) in [5.41, 5.74) is 1.87. The van der Waals surface area contributed by atoms with Crippen LogP contribution in [-0.2, 0) is 0 Å². The Morgan fingerprint density at radius 3 is 2.47 bits per heavy atom. The maximum atomic E-state index is 5.88. The lowest BCUT2D eigenvalue weighted by molar-refractivity contribution is 0.300. The summed E-state index contributed by atoms with van der Waals surface area (Å²) < 4.78 is 5.45. The molecule has 0 radical (unpaired) electrons. The fraction of sp³-hybridized carbons (Fsp3) is 0.357. The first-order valence-corrected chi connectivity index (χ1v) is 6.76. The van der Waals surface area contributed by atoms with E-state index in [2.05, 4.69) is 22.0 Å². The van der Waals surface area contributed by atoms with Gasteiger partial charge >= 0.3 is 0 Å². The number of aromatic nitrogens is 1. The Hall–Kier alpha value is -1.52. The average Bonchev–Trinajstić information content (AvgIpc) is 2.90. The summed E-state index contributed by atoms with van der Waals surface area (Å²) in [5.74, 6) is 0.845. The first-order chi connectivity index (χ1) is 9.22. The summed E-state index contributed by atoms with van der Waals surface area (Å²) in [6.45, 7) is 4.06. The number of anilines is 1. The Morgan fingerprint density at radius 2 is 1.79 bits per heavy atom. The molecule has 3 rings (SSSR count). The van der Waals surface area contributed by atoms with Crippen LogP contribution in [0.3, 0.4) is 0 Å². The van der Waals surface area contributed by atoms with E-state index in [-0.39, 0.29) is 0 Å². The van der Waals surface area contributed by atoms with Crippen LogP contribution in [0.2, 0.25) is 5.02 Å². The van der Waals surface area contributed by atoms with Crippen LogP contribution in [0.25, 0.3) is 11.3 Å². The molecule has 1 aliphatic heterocycles. The first kappa shape index (κ1) is 12.5. The second kappa shape index (κ2) is 5.23. The van der Waals surface area contributed by atoms with Crippen molar-refractivity contribution in [3.05, 3.63) is 35.4 Å². The summed E-state index contributed by atoms with van der Waals surface area (Å²) >= 11 is 5.88. The molecule has 0 aliphatic carbocycles. The summed E-state index contributed by atoms with van der Waals surface area (Å²) in [6, 6.07) is 9.62. The van der Waals surface area contributed by atoms with E-state index in [1.807, 2.05) is 30.3 Å². The van der Waals surface area contributed by atoms with Crippen LogP contribution in [-0.4, -0.2) is 43.3 Å². The second-order valence-corrected chi connectivity index (χ2v) is 5.28. The number of benzene rings is 1. The van der Waals surface area contributed by atoms with Crippen LogP contribution in [0.15, 0.2) is 34.9 Å². The number of halogens is 1. The molecule has 0 unspecified atom stereocenters. The maximum Gasteiger partial charge on any atom is 0.227 e. The van der Waals surface area contributed by atoms with E-state index in [1.54, 1.807) is 0 Å². The quantitative estimate of drug-likeness (QED) is 0.845. The molecule has 1 aromatic heterocycles. The Morgan fingerprint density at radius 1 is 1.11 bits per heavy atom. The third-order valence-corrected chi connectivity index (χ3v) is 3.70. The minimum Gasteiger partial charge on any atom is -0.338 e. The molecular weight excluding hydrogens is 262 g/mol. The highest BCUT2D eigenvalue weighted by molar-refractivity contribution is 6.30. The SMILES string of the molecule is CN1CCN(c2cc(-c3ccc(Cl)cc3)no2)CC1. The summed E-state index contributed by atoms with van der Waals surface area (Å²) in [7, 11) is 2.14. The van der Waals surface area contributed by atoms with Crippen molar-refractivity contribution in [2.24, 2.45) is 0 Å². The number of hydrogen-bond acceptors (Lipinski definition) is 4. The van der Waals surface area contributed by atoms with Crippen molar-refractivity contribution in [1.29, 1.82) is 0 Å². The number of hydrogen-bond donors (Lipinski definition) is 0. The van der Waals surface area contributed by atoms with Gasteiger partial charge in [-0.05, 0) is 19.2 Å². The molecule has 100 valence electrons. The van der Waals surface area contributed by atoms with E-state index in [0.717, 1.165) is 48.3 Å². The molecule has 1 saturated heterocycles. The third-order valence-electron chi connectivity index (χ3n) is 3.45. The molecule has 2 heterocycles. The number of likely N-dealkylation sites (N-methyl/N-ethyl adjacent to an activating group) is 1. The minimum atomic E-state index is 0.728. The van der Waals surface area contributed by atoms with E-state index in [4.69, 9.17) is 16.1 Å². The van der Waals surface area contributed by atoms with E-state index in [9.17, 15) is 0 Å². The minimum absolute atomic E-state index is 0.728. The van der Waals surface area contributed by atoms with Crippen molar-refractivity contribution in [2.45, 2.75) is 0 Å². The molecule has 0 spiro atoms. The van der Waals surface area contributed by atoms with Crippen LogP contribution in [0, 0.1) is 0 Å². The van der Waals surface area contributed by atoms with Crippen LogP contribution in [0.5, 0.6) is 0 Å². The lowest BCUT2D eigenvalue weighted by Crippen LogP contribution is -2.44. The largest absolute Gasteiger partial charge is 0.338 e. The molecular formula is C14H16ClN3O. The highest BCUT2D eigenvalue weighted by Crippen LogP contribution is 2.25. The Bertz CT molecular complexity index is 544. The topological polar surface area (TPSA) is 32.5 Å². The van der Waals surface area contributed by atoms with Gasteiger partial charge in [-0.15, -0.1) is 0 Å². The predicted octanol–water partition coefficient (Wildman–Crippen LogP) is 2.75. The van der Waals surface area contributed by atoms with Gasteiger partial charge < -0.3 is 14.3 Å². The van der Waals surface area contributed by atoms with Crippen molar-refractivity contribution < 1.29 is 4.52 Å².